The minimum Gasteiger partial charge on any atom is -0.464 e. The number of hydrogen-bond acceptors (Lipinski definition) is 4. The van der Waals surface area contributed by atoms with Crippen LogP contribution in [0.25, 0.3) is 0 Å². The zero-order chi connectivity index (χ0) is 14.8. The van der Waals surface area contributed by atoms with Gasteiger partial charge in [-0.25, -0.2) is 0 Å². The quantitative estimate of drug-likeness (QED) is 0.798. The molecule has 1 atom stereocenters. The van der Waals surface area contributed by atoms with Crippen LogP contribution >= 0.6 is 23.2 Å². The molecule has 2 saturated heterocycles. The van der Waals surface area contributed by atoms with E-state index >= 15 is 0 Å². The summed E-state index contributed by atoms with van der Waals surface area (Å²) < 4.78 is 5.04. The maximum Gasteiger partial charge on any atom is 0.323 e. The monoisotopic (exact) mass is 328 g/mol. The van der Waals surface area contributed by atoms with Crippen molar-refractivity contribution < 1.29 is 9.53 Å². The molecule has 1 aromatic carbocycles. The molecule has 2 fully saturated rings. The molecule has 2 aliphatic rings. The van der Waals surface area contributed by atoms with Crippen molar-refractivity contribution in [1.29, 1.82) is 0 Å². The van der Waals surface area contributed by atoms with E-state index in [4.69, 9.17) is 27.9 Å². The number of ether oxygens (including phenoxy) is 1. The number of nitrogens with zero attached hydrogens (tertiary/aromatic N) is 2. The Morgan fingerprint density at radius 1 is 1.19 bits per heavy atom. The minimum absolute atomic E-state index is 0.0399. The molecule has 0 aliphatic carbocycles. The summed E-state index contributed by atoms with van der Waals surface area (Å²) in [5.41, 5.74) is 1.05. The molecule has 0 unspecified atom stereocenters. The van der Waals surface area contributed by atoms with E-state index in [2.05, 4.69) is 9.80 Å². The summed E-state index contributed by atoms with van der Waals surface area (Å²) in [6.45, 7) is 4.97. The van der Waals surface area contributed by atoms with Gasteiger partial charge in [0, 0.05) is 39.1 Å². The summed E-state index contributed by atoms with van der Waals surface area (Å²) in [6, 6.07) is 5.70. The summed E-state index contributed by atoms with van der Waals surface area (Å²) in [5.74, 6) is -0.0682. The zero-order valence-corrected chi connectivity index (χ0v) is 13.2. The van der Waals surface area contributed by atoms with Crippen LogP contribution in [-0.2, 0) is 16.1 Å². The van der Waals surface area contributed by atoms with Gasteiger partial charge in [-0.15, -0.1) is 0 Å². The normalized spacial score (nSPS) is 24.3. The number of carbonyl (C=O) groups is 1. The molecular formula is C15H18Cl2N2O2. The molecule has 0 N–H and O–H groups in total. The lowest BCUT2D eigenvalue weighted by Crippen LogP contribution is -2.51. The second-order valence-corrected chi connectivity index (χ2v) is 6.28. The van der Waals surface area contributed by atoms with Gasteiger partial charge in [0.1, 0.15) is 6.04 Å². The van der Waals surface area contributed by atoms with Crippen molar-refractivity contribution in [3.05, 3.63) is 33.8 Å². The number of hydrogen-bond donors (Lipinski definition) is 0. The Hall–Kier alpha value is -0.810. The Morgan fingerprint density at radius 3 is 2.62 bits per heavy atom. The third-order valence-corrected chi connectivity index (χ3v) is 5.04. The first-order valence-corrected chi connectivity index (χ1v) is 7.96. The highest BCUT2D eigenvalue weighted by Gasteiger charge is 2.33. The number of rotatable bonds is 3. The number of halogens is 2. The standard InChI is InChI=1S/C15H18Cl2N2O2/c16-12-3-1-2-11(14(12)17)10-18-5-7-19(8-6-18)13-4-9-21-15(13)20/h1-3,13H,4-10H2/t13-/m1/s1. The van der Waals surface area contributed by atoms with Crippen LogP contribution in [0.15, 0.2) is 18.2 Å². The second-order valence-electron chi connectivity index (χ2n) is 5.50. The Kier molecular flexibility index (Phi) is 4.69. The summed E-state index contributed by atoms with van der Waals surface area (Å²) in [4.78, 5) is 16.2. The molecule has 0 saturated carbocycles. The van der Waals surface area contributed by atoms with Gasteiger partial charge >= 0.3 is 5.97 Å². The average molecular weight is 329 g/mol. The topological polar surface area (TPSA) is 32.8 Å². The fourth-order valence-electron chi connectivity index (χ4n) is 2.96. The molecule has 1 aromatic rings. The Labute approximate surface area is 134 Å². The van der Waals surface area contributed by atoms with Gasteiger partial charge in [0.2, 0.25) is 0 Å². The van der Waals surface area contributed by atoms with E-state index in [1.807, 2.05) is 12.1 Å². The van der Waals surface area contributed by atoms with Crippen molar-refractivity contribution >= 4 is 29.2 Å². The molecule has 2 heterocycles. The minimum atomic E-state index is -0.0682. The molecule has 6 heteroatoms. The highest BCUT2D eigenvalue weighted by molar-refractivity contribution is 6.42. The fourth-order valence-corrected chi connectivity index (χ4v) is 3.34. The SMILES string of the molecule is O=C1OCC[C@H]1N1CCN(Cc2cccc(Cl)c2Cl)CC1. The number of benzene rings is 1. The maximum absolute atomic E-state index is 11.6. The van der Waals surface area contributed by atoms with Crippen LogP contribution < -0.4 is 0 Å². The second kappa shape index (κ2) is 6.53. The molecule has 0 amide bonds. The van der Waals surface area contributed by atoms with Crippen LogP contribution in [0.5, 0.6) is 0 Å². The number of carbonyl (C=O) groups excluding carboxylic acids is 1. The smallest absolute Gasteiger partial charge is 0.323 e. The molecular weight excluding hydrogens is 311 g/mol. The molecule has 0 aromatic heterocycles. The third-order valence-electron chi connectivity index (χ3n) is 4.18. The third kappa shape index (κ3) is 3.34. The first kappa shape index (κ1) is 15.1. The van der Waals surface area contributed by atoms with Gasteiger partial charge in [0.25, 0.3) is 0 Å². The molecule has 0 bridgehead atoms. The van der Waals surface area contributed by atoms with Gasteiger partial charge in [0.15, 0.2) is 0 Å². The number of esters is 1. The molecule has 3 rings (SSSR count). The van der Waals surface area contributed by atoms with Gasteiger partial charge in [-0.1, -0.05) is 35.3 Å². The van der Waals surface area contributed by atoms with Crippen molar-refractivity contribution in [3.63, 3.8) is 0 Å². The van der Waals surface area contributed by atoms with Crippen LogP contribution in [-0.4, -0.2) is 54.6 Å². The van der Waals surface area contributed by atoms with Gasteiger partial charge in [0.05, 0.1) is 16.7 Å². The highest BCUT2D eigenvalue weighted by Crippen LogP contribution is 2.27. The summed E-state index contributed by atoms with van der Waals surface area (Å²) >= 11 is 12.3. The Bertz CT molecular complexity index is 530. The van der Waals surface area contributed by atoms with Crippen molar-refractivity contribution in [1.82, 2.24) is 9.80 Å². The highest BCUT2D eigenvalue weighted by atomic mass is 35.5. The van der Waals surface area contributed by atoms with Crippen LogP contribution in [0, 0.1) is 0 Å². The predicted molar refractivity (Wildman–Crippen MR) is 82.7 cm³/mol. The fraction of sp³-hybridized carbons (Fsp3) is 0.533. The first-order chi connectivity index (χ1) is 10.1. The molecule has 0 spiro atoms. The van der Waals surface area contributed by atoms with Crippen molar-refractivity contribution in [3.8, 4) is 0 Å². The van der Waals surface area contributed by atoms with Crippen LogP contribution in [0.2, 0.25) is 10.0 Å². The maximum atomic E-state index is 11.6. The lowest BCUT2D eigenvalue weighted by Gasteiger charge is -2.36. The van der Waals surface area contributed by atoms with Crippen molar-refractivity contribution in [2.75, 3.05) is 32.8 Å². The number of cyclic esters (lactones) is 1. The van der Waals surface area contributed by atoms with Crippen LogP contribution in [0.3, 0.4) is 0 Å². The molecule has 2 aliphatic heterocycles. The van der Waals surface area contributed by atoms with Crippen LogP contribution in [0.4, 0.5) is 0 Å². The zero-order valence-electron chi connectivity index (χ0n) is 11.7. The first-order valence-electron chi connectivity index (χ1n) is 7.21. The van der Waals surface area contributed by atoms with E-state index in [0.29, 0.717) is 16.7 Å². The van der Waals surface area contributed by atoms with E-state index in [1.165, 1.54) is 0 Å². The molecule has 114 valence electrons. The van der Waals surface area contributed by atoms with Crippen molar-refractivity contribution in [2.24, 2.45) is 0 Å². The lowest BCUT2D eigenvalue weighted by atomic mass is 10.1. The van der Waals surface area contributed by atoms with Gasteiger partial charge in [-0.3, -0.25) is 14.6 Å². The van der Waals surface area contributed by atoms with Gasteiger partial charge in [-0.2, -0.15) is 0 Å². The number of piperazine rings is 1. The molecule has 0 radical (unpaired) electrons. The summed E-state index contributed by atoms with van der Waals surface area (Å²) in [5, 5.41) is 1.24. The van der Waals surface area contributed by atoms with E-state index < -0.39 is 0 Å². The van der Waals surface area contributed by atoms with E-state index in [9.17, 15) is 4.79 Å². The van der Waals surface area contributed by atoms with Gasteiger partial charge < -0.3 is 4.74 Å². The van der Waals surface area contributed by atoms with Crippen molar-refractivity contribution in [2.45, 2.75) is 19.0 Å². The molecule has 21 heavy (non-hydrogen) atoms. The average Bonchev–Trinajstić information content (AvgIpc) is 2.91. The summed E-state index contributed by atoms with van der Waals surface area (Å²) in [6.07, 6.45) is 0.818. The van der Waals surface area contributed by atoms with Gasteiger partial charge in [-0.05, 0) is 11.6 Å². The van der Waals surface area contributed by atoms with E-state index in [0.717, 1.165) is 44.7 Å². The Balaban J connectivity index is 1.56. The molecule has 4 nitrogen and oxygen atoms in total. The predicted octanol–water partition coefficient (Wildman–Crippen LogP) is 2.43. The Morgan fingerprint density at radius 2 is 1.95 bits per heavy atom. The lowest BCUT2D eigenvalue weighted by molar-refractivity contribution is -0.142. The summed E-state index contributed by atoms with van der Waals surface area (Å²) in [7, 11) is 0. The van der Waals surface area contributed by atoms with Crippen LogP contribution in [0.1, 0.15) is 12.0 Å². The largest absolute Gasteiger partial charge is 0.464 e. The van der Waals surface area contributed by atoms with E-state index in [-0.39, 0.29) is 12.0 Å². The van der Waals surface area contributed by atoms with E-state index in [1.54, 1.807) is 6.07 Å².